The summed E-state index contributed by atoms with van der Waals surface area (Å²) in [5.41, 5.74) is 0.938. The lowest BCUT2D eigenvalue weighted by atomic mass is 10.2. The number of anilines is 1. The van der Waals surface area contributed by atoms with Crippen LogP contribution < -0.4 is 14.8 Å². The topological polar surface area (TPSA) is 47.6 Å². The molecule has 2 aromatic rings. The molecule has 7 heteroatoms. The number of carbonyl (C=O) groups excluding carboxylic acids is 1. The van der Waals surface area contributed by atoms with Crippen molar-refractivity contribution in [1.82, 2.24) is 0 Å². The van der Waals surface area contributed by atoms with Gasteiger partial charge < -0.3 is 14.8 Å². The third-order valence-corrected chi connectivity index (χ3v) is 3.87. The predicted molar refractivity (Wildman–Crippen MR) is 95.0 cm³/mol. The van der Waals surface area contributed by atoms with Gasteiger partial charge in [0.15, 0.2) is 11.5 Å². The normalized spacial score (nSPS) is 10.6. The number of benzene rings is 2. The average Bonchev–Trinajstić information content (AvgIpc) is 2.58. The van der Waals surface area contributed by atoms with E-state index in [0.29, 0.717) is 52.6 Å². The first kappa shape index (κ1) is 19.1. The molecule has 0 heterocycles. The van der Waals surface area contributed by atoms with Gasteiger partial charge in [-0.25, -0.2) is 0 Å². The lowest BCUT2D eigenvalue weighted by Gasteiger charge is -2.12. The van der Waals surface area contributed by atoms with Crippen LogP contribution in [0, 0.1) is 0 Å². The zero-order chi connectivity index (χ0) is 18.2. The Labute approximate surface area is 149 Å². The van der Waals surface area contributed by atoms with E-state index in [0.717, 1.165) is 0 Å². The van der Waals surface area contributed by atoms with E-state index >= 15 is 0 Å². The van der Waals surface area contributed by atoms with Gasteiger partial charge in [-0.15, -0.1) is 0 Å². The van der Waals surface area contributed by atoms with Crippen molar-refractivity contribution in [2.24, 2.45) is 0 Å². The van der Waals surface area contributed by atoms with Gasteiger partial charge in [0.05, 0.1) is 13.2 Å². The van der Waals surface area contributed by atoms with Crippen LogP contribution in [-0.4, -0.2) is 24.9 Å². The SMILES string of the molecule is CCOc1ccc(C(=O)Nc2ccc(SC(F)F)cc2)cc1OCC. The van der Waals surface area contributed by atoms with E-state index in [2.05, 4.69) is 5.32 Å². The molecule has 0 unspecified atom stereocenters. The van der Waals surface area contributed by atoms with Crippen LogP contribution in [0.2, 0.25) is 0 Å². The van der Waals surface area contributed by atoms with Crippen LogP contribution in [-0.2, 0) is 0 Å². The molecule has 0 fully saturated rings. The van der Waals surface area contributed by atoms with E-state index in [-0.39, 0.29) is 5.91 Å². The summed E-state index contributed by atoms with van der Waals surface area (Å²) < 4.78 is 35.6. The molecule has 2 aromatic carbocycles. The molecule has 0 aliphatic carbocycles. The smallest absolute Gasteiger partial charge is 0.288 e. The summed E-state index contributed by atoms with van der Waals surface area (Å²) in [6.45, 7) is 4.66. The minimum Gasteiger partial charge on any atom is -0.490 e. The van der Waals surface area contributed by atoms with Crippen LogP contribution in [0.3, 0.4) is 0 Å². The summed E-state index contributed by atoms with van der Waals surface area (Å²) in [6, 6.07) is 11.2. The van der Waals surface area contributed by atoms with E-state index in [9.17, 15) is 13.6 Å². The Morgan fingerprint density at radius 3 is 2.28 bits per heavy atom. The molecule has 134 valence electrons. The third kappa shape index (κ3) is 5.63. The second kappa shape index (κ2) is 9.27. The molecule has 1 amide bonds. The highest BCUT2D eigenvalue weighted by molar-refractivity contribution is 7.99. The van der Waals surface area contributed by atoms with Crippen molar-refractivity contribution in [3.63, 3.8) is 0 Å². The zero-order valence-electron chi connectivity index (χ0n) is 13.9. The fraction of sp³-hybridized carbons (Fsp3) is 0.278. The summed E-state index contributed by atoms with van der Waals surface area (Å²) in [5.74, 6) is -1.71. The first-order chi connectivity index (χ1) is 12.0. The van der Waals surface area contributed by atoms with Gasteiger partial charge in [0, 0.05) is 16.1 Å². The lowest BCUT2D eigenvalue weighted by Crippen LogP contribution is -2.12. The quantitative estimate of drug-likeness (QED) is 0.663. The Kier molecular flexibility index (Phi) is 7.06. The minimum absolute atomic E-state index is 0.321. The van der Waals surface area contributed by atoms with Gasteiger partial charge >= 0.3 is 0 Å². The number of hydrogen-bond donors (Lipinski definition) is 1. The van der Waals surface area contributed by atoms with Crippen molar-refractivity contribution < 1.29 is 23.0 Å². The number of hydrogen-bond acceptors (Lipinski definition) is 4. The van der Waals surface area contributed by atoms with E-state index in [1.54, 1.807) is 30.3 Å². The number of ether oxygens (including phenoxy) is 2. The largest absolute Gasteiger partial charge is 0.490 e. The maximum atomic E-state index is 12.4. The van der Waals surface area contributed by atoms with Gasteiger partial charge in [0.25, 0.3) is 11.7 Å². The van der Waals surface area contributed by atoms with Gasteiger partial charge in [0.1, 0.15) is 0 Å². The summed E-state index contributed by atoms with van der Waals surface area (Å²) in [5, 5.41) is 2.73. The maximum absolute atomic E-state index is 12.4. The van der Waals surface area contributed by atoms with Crippen LogP contribution >= 0.6 is 11.8 Å². The number of nitrogens with one attached hydrogen (secondary N) is 1. The van der Waals surface area contributed by atoms with Crippen molar-refractivity contribution in [3.8, 4) is 11.5 Å². The van der Waals surface area contributed by atoms with E-state index in [1.807, 2.05) is 13.8 Å². The van der Waals surface area contributed by atoms with Gasteiger partial charge in [-0.05, 0) is 56.3 Å². The summed E-state index contributed by atoms with van der Waals surface area (Å²) >= 11 is 0.460. The second-order valence-corrected chi connectivity index (χ2v) is 5.95. The molecule has 0 saturated heterocycles. The van der Waals surface area contributed by atoms with Crippen LogP contribution in [0.4, 0.5) is 14.5 Å². The first-order valence-electron chi connectivity index (χ1n) is 7.79. The monoisotopic (exact) mass is 367 g/mol. The Bertz CT molecular complexity index is 708. The molecule has 2 rings (SSSR count). The molecule has 0 aliphatic heterocycles. The van der Waals surface area contributed by atoms with E-state index in [4.69, 9.17) is 9.47 Å². The van der Waals surface area contributed by atoms with Crippen LogP contribution in [0.15, 0.2) is 47.4 Å². The predicted octanol–water partition coefficient (Wildman–Crippen LogP) is 5.05. The number of rotatable bonds is 8. The van der Waals surface area contributed by atoms with Crippen LogP contribution in [0.25, 0.3) is 0 Å². The number of carbonyl (C=O) groups is 1. The van der Waals surface area contributed by atoms with Gasteiger partial charge in [-0.2, -0.15) is 8.78 Å². The van der Waals surface area contributed by atoms with Gasteiger partial charge in [0.2, 0.25) is 0 Å². The molecule has 0 aliphatic rings. The Morgan fingerprint density at radius 1 is 1.04 bits per heavy atom. The molecular weight excluding hydrogens is 348 g/mol. The Hall–Kier alpha value is -2.28. The Morgan fingerprint density at radius 2 is 1.68 bits per heavy atom. The van der Waals surface area contributed by atoms with E-state index < -0.39 is 5.76 Å². The third-order valence-electron chi connectivity index (χ3n) is 3.14. The van der Waals surface area contributed by atoms with Crippen LogP contribution in [0.5, 0.6) is 11.5 Å². The fourth-order valence-electron chi connectivity index (χ4n) is 2.12. The van der Waals surface area contributed by atoms with Crippen molar-refractivity contribution >= 4 is 23.4 Å². The molecule has 25 heavy (non-hydrogen) atoms. The standard InChI is InChI=1S/C18H19F2NO3S/c1-3-23-15-10-5-12(11-16(15)24-4-2)17(22)21-13-6-8-14(9-7-13)25-18(19)20/h5-11,18H,3-4H2,1-2H3,(H,21,22). The molecule has 0 spiro atoms. The highest BCUT2D eigenvalue weighted by Gasteiger charge is 2.12. The summed E-state index contributed by atoms with van der Waals surface area (Å²) in [6.07, 6.45) is 0. The molecule has 0 bridgehead atoms. The molecule has 4 nitrogen and oxygen atoms in total. The van der Waals surface area contributed by atoms with Crippen molar-refractivity contribution in [3.05, 3.63) is 48.0 Å². The number of thioether (sulfide) groups is 1. The number of halogens is 2. The van der Waals surface area contributed by atoms with Gasteiger partial charge in [-0.1, -0.05) is 11.8 Å². The van der Waals surface area contributed by atoms with Crippen molar-refractivity contribution in [1.29, 1.82) is 0 Å². The highest BCUT2D eigenvalue weighted by Crippen LogP contribution is 2.29. The fourth-order valence-corrected chi connectivity index (χ4v) is 2.61. The van der Waals surface area contributed by atoms with Gasteiger partial charge in [-0.3, -0.25) is 4.79 Å². The highest BCUT2D eigenvalue weighted by atomic mass is 32.2. The first-order valence-corrected chi connectivity index (χ1v) is 8.67. The molecule has 0 atom stereocenters. The molecule has 0 radical (unpaired) electrons. The summed E-state index contributed by atoms with van der Waals surface area (Å²) in [4.78, 5) is 12.8. The Balaban J connectivity index is 2.10. The molecule has 0 aromatic heterocycles. The van der Waals surface area contributed by atoms with Crippen molar-refractivity contribution in [2.45, 2.75) is 24.5 Å². The number of alkyl halides is 2. The molecule has 0 saturated carbocycles. The van der Waals surface area contributed by atoms with Crippen molar-refractivity contribution in [2.75, 3.05) is 18.5 Å². The zero-order valence-corrected chi connectivity index (χ0v) is 14.7. The summed E-state index contributed by atoms with van der Waals surface area (Å²) in [7, 11) is 0. The molecule has 1 N–H and O–H groups in total. The average molecular weight is 367 g/mol. The van der Waals surface area contributed by atoms with E-state index in [1.165, 1.54) is 12.1 Å². The number of amides is 1. The second-order valence-electron chi connectivity index (χ2n) is 4.88. The lowest BCUT2D eigenvalue weighted by molar-refractivity contribution is 0.102. The minimum atomic E-state index is -2.47. The maximum Gasteiger partial charge on any atom is 0.288 e. The van der Waals surface area contributed by atoms with Crippen LogP contribution in [0.1, 0.15) is 24.2 Å². The molecular formula is C18H19F2NO3S.